The number of pyridine rings is 1. The number of benzene rings is 2. The Bertz CT molecular complexity index is 953. The molecule has 0 amide bonds. The normalized spacial score (nSPS) is 11.3. The highest BCUT2D eigenvalue weighted by Crippen LogP contribution is 2.24. The van der Waals surface area contributed by atoms with Crippen molar-refractivity contribution in [3.05, 3.63) is 89.6 Å². The van der Waals surface area contributed by atoms with Crippen LogP contribution in [-0.2, 0) is 16.6 Å². The van der Waals surface area contributed by atoms with E-state index in [2.05, 4.69) is 4.98 Å². The molecule has 0 atom stereocenters. The van der Waals surface area contributed by atoms with Crippen molar-refractivity contribution in [2.75, 3.05) is 4.31 Å². The molecule has 0 saturated carbocycles. The van der Waals surface area contributed by atoms with Gasteiger partial charge in [0, 0.05) is 5.69 Å². The van der Waals surface area contributed by atoms with E-state index in [1.165, 1.54) is 4.31 Å². The summed E-state index contributed by atoms with van der Waals surface area (Å²) in [4.78, 5) is 4.68. The summed E-state index contributed by atoms with van der Waals surface area (Å²) in [6.45, 7) is 4.08. The summed E-state index contributed by atoms with van der Waals surface area (Å²) >= 11 is 0. The van der Waals surface area contributed by atoms with Crippen molar-refractivity contribution in [2.24, 2.45) is 0 Å². The Balaban J connectivity index is 2.07. The fourth-order valence-corrected chi connectivity index (χ4v) is 3.96. The van der Waals surface area contributed by atoms with Crippen molar-refractivity contribution in [3.8, 4) is 0 Å². The van der Waals surface area contributed by atoms with Crippen LogP contribution in [0.25, 0.3) is 0 Å². The molecule has 0 fully saturated rings. The predicted molar refractivity (Wildman–Crippen MR) is 100.0 cm³/mol. The molecule has 1 heterocycles. The lowest BCUT2D eigenvalue weighted by Gasteiger charge is -2.24. The molecule has 0 aliphatic rings. The van der Waals surface area contributed by atoms with Crippen molar-refractivity contribution in [3.63, 3.8) is 0 Å². The molecule has 5 heteroatoms. The van der Waals surface area contributed by atoms with E-state index in [4.69, 9.17) is 0 Å². The van der Waals surface area contributed by atoms with Gasteiger partial charge in [-0.1, -0.05) is 54.1 Å². The molecular formula is C20H20N2O2S. The molecule has 4 nitrogen and oxygen atoms in total. The molecule has 2 aromatic carbocycles. The molecular weight excluding hydrogens is 332 g/mol. The van der Waals surface area contributed by atoms with Gasteiger partial charge in [0.2, 0.25) is 0 Å². The largest absolute Gasteiger partial charge is 0.265 e. The zero-order valence-electron chi connectivity index (χ0n) is 14.3. The summed E-state index contributed by atoms with van der Waals surface area (Å²) in [5.41, 5.74) is 2.82. The number of hydrogen-bond donors (Lipinski definition) is 0. The first-order valence-corrected chi connectivity index (χ1v) is 9.48. The summed E-state index contributed by atoms with van der Waals surface area (Å²) in [5, 5.41) is 0. The van der Waals surface area contributed by atoms with E-state index in [1.54, 1.807) is 36.4 Å². The fourth-order valence-electron chi connectivity index (χ4n) is 2.54. The van der Waals surface area contributed by atoms with Gasteiger partial charge in [-0.25, -0.2) is 17.7 Å². The maximum Gasteiger partial charge on any atom is 0.265 e. The minimum Gasteiger partial charge on any atom is -0.245 e. The summed E-state index contributed by atoms with van der Waals surface area (Å²) in [7, 11) is -3.71. The Hall–Kier alpha value is -2.66. The van der Waals surface area contributed by atoms with Crippen LogP contribution >= 0.6 is 0 Å². The number of nitrogens with zero attached hydrogens (tertiary/aromatic N) is 2. The molecule has 1 aromatic heterocycles. The highest BCUT2D eigenvalue weighted by atomic mass is 32.2. The first-order chi connectivity index (χ1) is 12.0. The van der Waals surface area contributed by atoms with Crippen LogP contribution in [0.15, 0.2) is 77.7 Å². The van der Waals surface area contributed by atoms with E-state index < -0.39 is 10.0 Å². The summed E-state index contributed by atoms with van der Waals surface area (Å²) in [6, 6.07) is 21.7. The van der Waals surface area contributed by atoms with E-state index in [9.17, 15) is 8.42 Å². The molecule has 0 N–H and O–H groups in total. The first-order valence-electron chi connectivity index (χ1n) is 8.04. The van der Waals surface area contributed by atoms with Crippen molar-refractivity contribution in [2.45, 2.75) is 25.3 Å². The van der Waals surface area contributed by atoms with Gasteiger partial charge in [0.25, 0.3) is 10.0 Å². The molecule has 0 saturated heterocycles. The van der Waals surface area contributed by atoms with Gasteiger partial charge in [-0.3, -0.25) is 0 Å². The maximum atomic E-state index is 13.2. The van der Waals surface area contributed by atoms with Crippen LogP contribution in [0.3, 0.4) is 0 Å². The Morgan fingerprint density at radius 3 is 2.16 bits per heavy atom. The summed E-state index contributed by atoms with van der Waals surface area (Å²) < 4.78 is 27.8. The maximum absolute atomic E-state index is 13.2. The van der Waals surface area contributed by atoms with Crippen LogP contribution in [0.5, 0.6) is 0 Å². The molecule has 0 aliphatic carbocycles. The lowest BCUT2D eigenvalue weighted by Crippen LogP contribution is -2.31. The first kappa shape index (κ1) is 17.2. The smallest absolute Gasteiger partial charge is 0.245 e. The second-order valence-electron chi connectivity index (χ2n) is 5.95. The Labute approximate surface area is 148 Å². The van der Waals surface area contributed by atoms with Crippen LogP contribution in [0.2, 0.25) is 0 Å². The summed E-state index contributed by atoms with van der Waals surface area (Å²) in [5.74, 6) is 0.421. The van der Waals surface area contributed by atoms with Crippen molar-refractivity contribution < 1.29 is 8.42 Å². The highest BCUT2D eigenvalue weighted by molar-refractivity contribution is 7.92. The van der Waals surface area contributed by atoms with Gasteiger partial charge < -0.3 is 0 Å². The molecule has 3 aromatic rings. The van der Waals surface area contributed by atoms with E-state index in [0.29, 0.717) is 5.82 Å². The third-order valence-corrected chi connectivity index (χ3v) is 5.67. The minimum absolute atomic E-state index is 0.230. The van der Waals surface area contributed by atoms with Crippen molar-refractivity contribution >= 4 is 15.8 Å². The quantitative estimate of drug-likeness (QED) is 0.695. The van der Waals surface area contributed by atoms with Gasteiger partial charge in [-0.15, -0.1) is 0 Å². The Kier molecular flexibility index (Phi) is 4.86. The van der Waals surface area contributed by atoms with Gasteiger partial charge in [0.05, 0.1) is 11.4 Å². The number of rotatable bonds is 5. The van der Waals surface area contributed by atoms with Crippen LogP contribution in [0.4, 0.5) is 5.82 Å². The average Bonchev–Trinajstić information content (AvgIpc) is 2.62. The lowest BCUT2D eigenvalue weighted by atomic mass is 10.1. The Morgan fingerprint density at radius 1 is 0.840 bits per heavy atom. The number of sulfonamides is 1. The number of anilines is 1. The molecule has 0 radical (unpaired) electrons. The van der Waals surface area contributed by atoms with Crippen LogP contribution in [0, 0.1) is 13.8 Å². The van der Waals surface area contributed by atoms with Crippen molar-refractivity contribution in [1.82, 2.24) is 4.98 Å². The Morgan fingerprint density at radius 2 is 1.52 bits per heavy atom. The third kappa shape index (κ3) is 3.88. The third-order valence-electron chi connectivity index (χ3n) is 3.91. The molecule has 3 rings (SSSR count). The summed E-state index contributed by atoms with van der Waals surface area (Å²) in [6.07, 6.45) is 0. The predicted octanol–water partition coefficient (Wildman–Crippen LogP) is 4.09. The van der Waals surface area contributed by atoms with Gasteiger partial charge >= 0.3 is 0 Å². The molecule has 0 aliphatic heterocycles. The van der Waals surface area contributed by atoms with Gasteiger partial charge in [-0.2, -0.15) is 0 Å². The molecule has 128 valence electrons. The van der Waals surface area contributed by atoms with Crippen LogP contribution < -0.4 is 4.31 Å². The zero-order valence-corrected chi connectivity index (χ0v) is 15.1. The number of aromatic nitrogens is 1. The van der Waals surface area contributed by atoms with E-state index in [1.807, 2.05) is 50.2 Å². The molecule has 0 bridgehead atoms. The standard InChI is InChI=1S/C20H20N2O2S/c1-16-11-13-18(14-12-16)15-22(20-10-6-7-17(2)21-20)25(23,24)19-8-4-3-5-9-19/h3-14H,15H2,1-2H3. The topological polar surface area (TPSA) is 50.3 Å². The van der Waals surface area contributed by atoms with E-state index in [0.717, 1.165) is 16.8 Å². The van der Waals surface area contributed by atoms with Crippen molar-refractivity contribution in [1.29, 1.82) is 0 Å². The van der Waals surface area contributed by atoms with Gasteiger partial charge in [0.1, 0.15) is 5.82 Å². The zero-order chi connectivity index (χ0) is 17.9. The van der Waals surface area contributed by atoms with Crippen LogP contribution in [0.1, 0.15) is 16.8 Å². The average molecular weight is 352 g/mol. The number of aryl methyl sites for hydroxylation is 2. The minimum atomic E-state index is -3.71. The molecule has 25 heavy (non-hydrogen) atoms. The highest BCUT2D eigenvalue weighted by Gasteiger charge is 2.26. The monoisotopic (exact) mass is 352 g/mol. The fraction of sp³-hybridized carbons (Fsp3) is 0.150. The molecule has 0 unspecified atom stereocenters. The van der Waals surface area contributed by atoms with Gasteiger partial charge in [0.15, 0.2) is 0 Å². The second kappa shape index (κ2) is 7.07. The lowest BCUT2D eigenvalue weighted by molar-refractivity contribution is 0.589. The second-order valence-corrected chi connectivity index (χ2v) is 7.81. The number of hydrogen-bond acceptors (Lipinski definition) is 3. The van der Waals surface area contributed by atoms with Gasteiger partial charge in [-0.05, 0) is 43.7 Å². The van der Waals surface area contributed by atoms with E-state index >= 15 is 0 Å². The van der Waals surface area contributed by atoms with Crippen LogP contribution in [-0.4, -0.2) is 13.4 Å². The SMILES string of the molecule is Cc1ccc(CN(c2cccc(C)n2)S(=O)(=O)c2ccccc2)cc1. The molecule has 0 spiro atoms. The van der Waals surface area contributed by atoms with E-state index in [-0.39, 0.29) is 11.4 Å².